The number of hydrogen-bond acceptors (Lipinski definition) is 3. The number of halogens is 1. The number of carboxylic acid groups (broad SMARTS) is 1. The predicted octanol–water partition coefficient (Wildman–Crippen LogP) is 4.10. The summed E-state index contributed by atoms with van der Waals surface area (Å²) in [6.45, 7) is 1.87. The van der Waals surface area contributed by atoms with Crippen LogP contribution in [0, 0.1) is 6.92 Å². The molecule has 20 heavy (non-hydrogen) atoms. The van der Waals surface area contributed by atoms with Crippen molar-refractivity contribution in [3.05, 3.63) is 52.5 Å². The summed E-state index contributed by atoms with van der Waals surface area (Å²) in [5.41, 5.74) is 2.24. The molecule has 0 heterocycles. The summed E-state index contributed by atoms with van der Waals surface area (Å²) in [5.74, 6) is -0.432. The molecule has 0 aliphatic heterocycles. The average molecular weight is 292 g/mol. The Morgan fingerprint density at radius 3 is 2.60 bits per heavy atom. The molecule has 2 aromatic rings. The molecule has 5 heteroatoms. The number of hydrogen-bond donors (Lipinski definition) is 2. The van der Waals surface area contributed by atoms with Crippen molar-refractivity contribution < 1.29 is 14.6 Å². The van der Waals surface area contributed by atoms with Crippen LogP contribution in [0.4, 0.5) is 11.4 Å². The van der Waals surface area contributed by atoms with Crippen molar-refractivity contribution in [3.63, 3.8) is 0 Å². The van der Waals surface area contributed by atoms with Gasteiger partial charge in [-0.25, -0.2) is 4.79 Å². The minimum Gasteiger partial charge on any atom is -0.495 e. The van der Waals surface area contributed by atoms with Gasteiger partial charge in [0.1, 0.15) is 5.75 Å². The lowest BCUT2D eigenvalue weighted by atomic mass is 10.1. The first kappa shape index (κ1) is 14.2. The highest BCUT2D eigenvalue weighted by atomic mass is 35.5. The Morgan fingerprint density at radius 1 is 1.25 bits per heavy atom. The monoisotopic (exact) mass is 291 g/mol. The Labute approximate surface area is 122 Å². The number of para-hydroxylation sites is 1. The van der Waals surface area contributed by atoms with Crippen LogP contribution in [0.1, 0.15) is 15.9 Å². The summed E-state index contributed by atoms with van der Waals surface area (Å²) in [7, 11) is 1.54. The van der Waals surface area contributed by atoms with Crippen molar-refractivity contribution in [2.75, 3.05) is 12.4 Å². The van der Waals surface area contributed by atoms with Crippen LogP contribution >= 0.6 is 11.6 Å². The van der Waals surface area contributed by atoms with E-state index < -0.39 is 5.97 Å². The fraction of sp³-hybridized carbons (Fsp3) is 0.133. The zero-order valence-electron chi connectivity index (χ0n) is 11.1. The number of carboxylic acids is 1. The van der Waals surface area contributed by atoms with Crippen molar-refractivity contribution in [1.82, 2.24) is 0 Å². The first-order valence-corrected chi connectivity index (χ1v) is 6.34. The molecule has 0 fully saturated rings. The van der Waals surface area contributed by atoms with Crippen LogP contribution in [0.25, 0.3) is 0 Å². The second kappa shape index (κ2) is 5.84. The molecule has 0 saturated heterocycles. The standard InChI is InChI=1S/C15H14ClNO3/c1-9-7-13(14(20-2)8-11(9)16)17-12-6-4-3-5-10(12)15(18)19/h3-8,17H,1-2H3,(H,18,19). The maximum atomic E-state index is 11.2. The van der Waals surface area contributed by atoms with Gasteiger partial charge in [-0.2, -0.15) is 0 Å². The van der Waals surface area contributed by atoms with E-state index in [-0.39, 0.29) is 5.56 Å². The van der Waals surface area contributed by atoms with E-state index in [1.807, 2.05) is 13.0 Å². The molecule has 2 rings (SSSR count). The van der Waals surface area contributed by atoms with Crippen LogP contribution in [0.3, 0.4) is 0 Å². The largest absolute Gasteiger partial charge is 0.495 e. The van der Waals surface area contributed by atoms with Crippen LogP contribution in [0.5, 0.6) is 5.75 Å². The Bertz CT molecular complexity index is 656. The first-order chi connectivity index (χ1) is 9.52. The zero-order valence-corrected chi connectivity index (χ0v) is 11.9. The Hall–Kier alpha value is -2.20. The van der Waals surface area contributed by atoms with Crippen LogP contribution in [-0.4, -0.2) is 18.2 Å². The molecule has 2 N–H and O–H groups in total. The minimum absolute atomic E-state index is 0.196. The number of anilines is 2. The summed E-state index contributed by atoms with van der Waals surface area (Å²) in [6, 6.07) is 10.2. The third-order valence-corrected chi connectivity index (χ3v) is 3.31. The van der Waals surface area contributed by atoms with Crippen molar-refractivity contribution in [2.45, 2.75) is 6.92 Å². The molecule has 0 aliphatic rings. The van der Waals surface area contributed by atoms with Gasteiger partial charge < -0.3 is 15.2 Å². The Balaban J connectivity index is 2.45. The third kappa shape index (κ3) is 2.86. The second-order valence-corrected chi connectivity index (χ2v) is 4.68. The first-order valence-electron chi connectivity index (χ1n) is 5.96. The van der Waals surface area contributed by atoms with Gasteiger partial charge in [-0.3, -0.25) is 0 Å². The molecular weight excluding hydrogens is 278 g/mol. The number of ether oxygens (including phenoxy) is 1. The van der Waals surface area contributed by atoms with Gasteiger partial charge >= 0.3 is 5.97 Å². The molecule has 0 bridgehead atoms. The molecule has 0 aromatic heterocycles. The van der Waals surface area contributed by atoms with Crippen molar-refractivity contribution in [2.24, 2.45) is 0 Å². The Kier molecular flexibility index (Phi) is 4.15. The molecule has 104 valence electrons. The normalized spacial score (nSPS) is 10.2. The number of rotatable bonds is 4. The van der Waals surface area contributed by atoms with E-state index in [4.69, 9.17) is 16.3 Å². The molecule has 0 saturated carbocycles. The topological polar surface area (TPSA) is 58.6 Å². The van der Waals surface area contributed by atoms with Crippen molar-refractivity contribution in [3.8, 4) is 5.75 Å². The van der Waals surface area contributed by atoms with Gasteiger partial charge in [-0.15, -0.1) is 0 Å². The fourth-order valence-corrected chi connectivity index (χ4v) is 2.01. The van der Waals surface area contributed by atoms with E-state index in [2.05, 4.69) is 5.32 Å². The van der Waals surface area contributed by atoms with Crippen LogP contribution in [0.2, 0.25) is 5.02 Å². The van der Waals surface area contributed by atoms with Gasteiger partial charge in [0.25, 0.3) is 0 Å². The number of nitrogens with one attached hydrogen (secondary N) is 1. The van der Waals surface area contributed by atoms with Crippen LogP contribution in [0.15, 0.2) is 36.4 Å². The van der Waals surface area contributed by atoms with Gasteiger partial charge in [0, 0.05) is 11.1 Å². The van der Waals surface area contributed by atoms with Gasteiger partial charge in [0.2, 0.25) is 0 Å². The van der Waals surface area contributed by atoms with E-state index in [1.54, 1.807) is 30.3 Å². The van der Waals surface area contributed by atoms with Gasteiger partial charge in [-0.1, -0.05) is 23.7 Å². The molecular formula is C15H14ClNO3. The van der Waals surface area contributed by atoms with E-state index in [1.165, 1.54) is 7.11 Å². The summed E-state index contributed by atoms with van der Waals surface area (Å²) >= 11 is 6.05. The van der Waals surface area contributed by atoms with E-state index in [0.717, 1.165) is 5.56 Å². The van der Waals surface area contributed by atoms with E-state index >= 15 is 0 Å². The minimum atomic E-state index is -0.988. The maximum Gasteiger partial charge on any atom is 0.337 e. The average Bonchev–Trinajstić information content (AvgIpc) is 2.43. The number of aromatic carboxylic acids is 1. The maximum absolute atomic E-state index is 11.2. The summed E-state index contributed by atoms with van der Waals surface area (Å²) < 4.78 is 5.26. The lowest BCUT2D eigenvalue weighted by molar-refractivity contribution is 0.0698. The van der Waals surface area contributed by atoms with Crippen molar-refractivity contribution >= 4 is 28.9 Å². The highest BCUT2D eigenvalue weighted by Gasteiger charge is 2.12. The molecule has 2 aromatic carbocycles. The Morgan fingerprint density at radius 2 is 1.95 bits per heavy atom. The second-order valence-electron chi connectivity index (χ2n) is 4.28. The molecule has 0 spiro atoms. The highest BCUT2D eigenvalue weighted by molar-refractivity contribution is 6.31. The number of benzene rings is 2. The molecule has 0 unspecified atom stereocenters. The van der Waals surface area contributed by atoms with Gasteiger partial charge in [-0.05, 0) is 30.7 Å². The predicted molar refractivity (Wildman–Crippen MR) is 79.4 cm³/mol. The number of aryl methyl sites for hydroxylation is 1. The quantitative estimate of drug-likeness (QED) is 0.890. The van der Waals surface area contributed by atoms with Gasteiger partial charge in [0.05, 0.1) is 24.0 Å². The van der Waals surface area contributed by atoms with Crippen LogP contribution in [-0.2, 0) is 0 Å². The SMILES string of the molecule is COc1cc(Cl)c(C)cc1Nc1ccccc1C(=O)O. The molecule has 0 radical (unpaired) electrons. The van der Waals surface area contributed by atoms with E-state index in [9.17, 15) is 9.90 Å². The van der Waals surface area contributed by atoms with E-state index in [0.29, 0.717) is 22.1 Å². The summed E-state index contributed by atoms with van der Waals surface area (Å²) in [4.78, 5) is 11.2. The van der Waals surface area contributed by atoms with Gasteiger partial charge in [0.15, 0.2) is 0 Å². The fourth-order valence-electron chi connectivity index (χ4n) is 1.85. The molecule has 0 atom stereocenters. The smallest absolute Gasteiger partial charge is 0.337 e. The van der Waals surface area contributed by atoms with Crippen molar-refractivity contribution in [1.29, 1.82) is 0 Å². The van der Waals surface area contributed by atoms with Crippen LogP contribution < -0.4 is 10.1 Å². The number of methoxy groups -OCH3 is 1. The summed E-state index contributed by atoms with van der Waals surface area (Å²) in [6.07, 6.45) is 0. The molecule has 0 amide bonds. The lowest BCUT2D eigenvalue weighted by Gasteiger charge is -2.14. The third-order valence-electron chi connectivity index (χ3n) is 2.91. The number of carbonyl (C=O) groups is 1. The molecule has 0 aliphatic carbocycles. The zero-order chi connectivity index (χ0) is 14.7. The molecule has 4 nitrogen and oxygen atoms in total. The summed E-state index contributed by atoms with van der Waals surface area (Å²) in [5, 5.41) is 12.8. The lowest BCUT2D eigenvalue weighted by Crippen LogP contribution is -2.03. The highest BCUT2D eigenvalue weighted by Crippen LogP contribution is 2.33.